The molecule has 0 aliphatic carbocycles. The second-order valence-corrected chi connectivity index (χ2v) is 5.97. The number of carbonyl (C=O) groups excluding carboxylic acids is 2. The van der Waals surface area contributed by atoms with Crippen molar-refractivity contribution < 1.29 is 14.3 Å². The van der Waals surface area contributed by atoms with Crippen LogP contribution in [0.3, 0.4) is 0 Å². The summed E-state index contributed by atoms with van der Waals surface area (Å²) in [5.41, 5.74) is -0.128. The lowest BCUT2D eigenvalue weighted by molar-refractivity contribution is -0.117. The van der Waals surface area contributed by atoms with E-state index < -0.39 is 0 Å². The number of hydrogen-bond acceptors (Lipinski definition) is 3. The van der Waals surface area contributed by atoms with Crippen LogP contribution >= 0.6 is 0 Å². The van der Waals surface area contributed by atoms with Gasteiger partial charge in [-0.1, -0.05) is 13.8 Å². The molecule has 0 aromatic heterocycles. The van der Waals surface area contributed by atoms with Gasteiger partial charge in [-0.25, -0.2) is 4.79 Å². The van der Waals surface area contributed by atoms with E-state index >= 15 is 0 Å². The summed E-state index contributed by atoms with van der Waals surface area (Å²) in [5, 5.41) is 0. The van der Waals surface area contributed by atoms with Gasteiger partial charge in [0.25, 0.3) is 0 Å². The largest absolute Gasteiger partial charge is 0.449 e. The molecule has 0 radical (unpaired) electrons. The topological polar surface area (TPSA) is 46.6 Å². The molecule has 4 nitrogen and oxygen atoms in total. The van der Waals surface area contributed by atoms with Gasteiger partial charge >= 0.3 is 6.09 Å². The lowest BCUT2D eigenvalue weighted by Gasteiger charge is -2.29. The summed E-state index contributed by atoms with van der Waals surface area (Å²) in [7, 11) is 0. The fourth-order valence-corrected chi connectivity index (χ4v) is 2.01. The Morgan fingerprint density at radius 1 is 1.17 bits per heavy atom. The van der Waals surface area contributed by atoms with Crippen LogP contribution in [-0.4, -0.2) is 36.5 Å². The van der Waals surface area contributed by atoms with Crippen molar-refractivity contribution in [1.82, 2.24) is 4.90 Å². The van der Waals surface area contributed by atoms with Gasteiger partial charge < -0.3 is 14.4 Å². The monoisotopic (exact) mass is 255 g/mol. The molecule has 1 aliphatic rings. The normalized spacial score (nSPS) is 16.5. The molecule has 4 heteroatoms. The fourth-order valence-electron chi connectivity index (χ4n) is 2.01. The number of piperidine rings is 1. The van der Waals surface area contributed by atoms with Gasteiger partial charge in [0.2, 0.25) is 0 Å². The standard InChI is InChI=1S/C14H25NO3/c1-12(16)7-8-14(2,3)11-18-13(17)15-9-5-4-6-10-15/h4-11H2,1-3H3. The van der Waals surface area contributed by atoms with Crippen LogP contribution < -0.4 is 0 Å². The van der Waals surface area contributed by atoms with E-state index in [-0.39, 0.29) is 17.3 Å². The SMILES string of the molecule is CC(=O)CCC(C)(C)COC(=O)N1CCCCC1. The van der Waals surface area contributed by atoms with Crippen molar-refractivity contribution in [2.24, 2.45) is 5.41 Å². The van der Waals surface area contributed by atoms with Crippen LogP contribution in [0.5, 0.6) is 0 Å². The molecule has 0 spiro atoms. The molecule has 1 amide bonds. The van der Waals surface area contributed by atoms with Gasteiger partial charge in [0.15, 0.2) is 0 Å². The summed E-state index contributed by atoms with van der Waals surface area (Å²) in [6, 6.07) is 0. The van der Waals surface area contributed by atoms with E-state index in [1.807, 2.05) is 13.8 Å². The van der Waals surface area contributed by atoms with Crippen molar-refractivity contribution in [1.29, 1.82) is 0 Å². The number of amides is 1. The van der Waals surface area contributed by atoms with Crippen molar-refractivity contribution in [2.75, 3.05) is 19.7 Å². The van der Waals surface area contributed by atoms with Crippen LogP contribution in [0.2, 0.25) is 0 Å². The highest BCUT2D eigenvalue weighted by Gasteiger charge is 2.23. The Morgan fingerprint density at radius 3 is 2.33 bits per heavy atom. The maximum Gasteiger partial charge on any atom is 0.409 e. The second kappa shape index (κ2) is 6.76. The van der Waals surface area contributed by atoms with Crippen LogP contribution in [0.1, 0.15) is 52.9 Å². The van der Waals surface area contributed by atoms with E-state index in [0.717, 1.165) is 32.4 Å². The highest BCUT2D eigenvalue weighted by atomic mass is 16.6. The van der Waals surface area contributed by atoms with Crippen molar-refractivity contribution in [3.63, 3.8) is 0 Å². The Labute approximate surface area is 110 Å². The molecule has 1 aliphatic heterocycles. The quantitative estimate of drug-likeness (QED) is 0.758. The molecule has 1 heterocycles. The molecular weight excluding hydrogens is 230 g/mol. The van der Waals surface area contributed by atoms with Crippen molar-refractivity contribution >= 4 is 11.9 Å². The zero-order chi connectivity index (χ0) is 13.6. The number of carbonyl (C=O) groups is 2. The van der Waals surface area contributed by atoms with E-state index in [4.69, 9.17) is 4.74 Å². The smallest absolute Gasteiger partial charge is 0.409 e. The molecule has 0 saturated carbocycles. The number of ketones is 1. The molecule has 104 valence electrons. The predicted octanol–water partition coefficient (Wildman–Crippen LogP) is 3.00. The molecule has 1 saturated heterocycles. The van der Waals surface area contributed by atoms with Crippen LogP contribution in [0.4, 0.5) is 4.79 Å². The number of likely N-dealkylation sites (tertiary alicyclic amines) is 1. The predicted molar refractivity (Wildman–Crippen MR) is 70.5 cm³/mol. The molecule has 1 fully saturated rings. The molecule has 1 rings (SSSR count). The van der Waals surface area contributed by atoms with Gasteiger partial charge in [-0.15, -0.1) is 0 Å². The summed E-state index contributed by atoms with van der Waals surface area (Å²) in [4.78, 5) is 24.6. The fraction of sp³-hybridized carbons (Fsp3) is 0.857. The first-order valence-electron chi connectivity index (χ1n) is 6.82. The van der Waals surface area contributed by atoms with E-state index in [9.17, 15) is 9.59 Å². The molecule has 0 bridgehead atoms. The first kappa shape index (κ1) is 15.0. The molecule has 0 aromatic carbocycles. The number of rotatable bonds is 5. The number of ether oxygens (including phenoxy) is 1. The first-order chi connectivity index (χ1) is 8.41. The van der Waals surface area contributed by atoms with Crippen LogP contribution in [0, 0.1) is 5.41 Å². The second-order valence-electron chi connectivity index (χ2n) is 5.97. The number of nitrogens with zero attached hydrogens (tertiary/aromatic N) is 1. The summed E-state index contributed by atoms with van der Waals surface area (Å²) >= 11 is 0. The summed E-state index contributed by atoms with van der Waals surface area (Å²) in [5.74, 6) is 0.186. The average Bonchev–Trinajstić information content (AvgIpc) is 2.35. The van der Waals surface area contributed by atoms with E-state index in [1.165, 1.54) is 6.42 Å². The van der Waals surface area contributed by atoms with Crippen LogP contribution in [0.25, 0.3) is 0 Å². The molecule has 18 heavy (non-hydrogen) atoms. The minimum absolute atomic E-state index is 0.128. The third-order valence-electron chi connectivity index (χ3n) is 3.35. The summed E-state index contributed by atoms with van der Waals surface area (Å²) in [6.07, 6.45) is 4.45. The van der Waals surface area contributed by atoms with Gasteiger partial charge in [0, 0.05) is 19.5 Å². The van der Waals surface area contributed by atoms with Crippen LogP contribution in [0.15, 0.2) is 0 Å². The lowest BCUT2D eigenvalue weighted by Crippen LogP contribution is -2.37. The van der Waals surface area contributed by atoms with E-state index in [0.29, 0.717) is 13.0 Å². The highest BCUT2D eigenvalue weighted by Crippen LogP contribution is 2.23. The Balaban J connectivity index is 2.29. The van der Waals surface area contributed by atoms with Gasteiger partial charge in [0.05, 0.1) is 6.61 Å². The van der Waals surface area contributed by atoms with Crippen molar-refractivity contribution in [3.05, 3.63) is 0 Å². The van der Waals surface area contributed by atoms with Crippen molar-refractivity contribution in [2.45, 2.75) is 52.9 Å². The maximum absolute atomic E-state index is 11.8. The summed E-state index contributed by atoms with van der Waals surface area (Å²) < 4.78 is 5.35. The maximum atomic E-state index is 11.8. The number of hydrogen-bond donors (Lipinski definition) is 0. The molecular formula is C14H25NO3. The van der Waals surface area contributed by atoms with Gasteiger partial charge in [-0.3, -0.25) is 0 Å². The Bertz CT molecular complexity index is 293. The zero-order valence-corrected chi connectivity index (χ0v) is 11.8. The average molecular weight is 255 g/mol. The molecule has 0 aromatic rings. The van der Waals surface area contributed by atoms with E-state index in [2.05, 4.69) is 0 Å². The minimum Gasteiger partial charge on any atom is -0.449 e. The molecule has 0 atom stereocenters. The first-order valence-corrected chi connectivity index (χ1v) is 6.82. The third-order valence-corrected chi connectivity index (χ3v) is 3.35. The Kier molecular flexibility index (Phi) is 5.63. The number of Topliss-reactive ketones (excluding diaryl/α,β-unsaturated/α-hetero) is 1. The lowest BCUT2D eigenvalue weighted by atomic mass is 9.88. The Hall–Kier alpha value is -1.06. The minimum atomic E-state index is -0.203. The van der Waals surface area contributed by atoms with Gasteiger partial charge in [0.1, 0.15) is 5.78 Å². The Morgan fingerprint density at radius 2 is 1.78 bits per heavy atom. The van der Waals surface area contributed by atoms with Gasteiger partial charge in [-0.05, 0) is 38.0 Å². The van der Waals surface area contributed by atoms with Gasteiger partial charge in [-0.2, -0.15) is 0 Å². The van der Waals surface area contributed by atoms with Crippen LogP contribution in [-0.2, 0) is 9.53 Å². The molecule has 0 N–H and O–H groups in total. The molecule has 0 unspecified atom stereocenters. The summed E-state index contributed by atoms with van der Waals surface area (Å²) in [6.45, 7) is 7.66. The van der Waals surface area contributed by atoms with Crippen molar-refractivity contribution in [3.8, 4) is 0 Å². The third kappa shape index (κ3) is 5.52. The van der Waals surface area contributed by atoms with E-state index in [1.54, 1.807) is 11.8 Å². The highest BCUT2D eigenvalue weighted by molar-refractivity contribution is 5.75. The zero-order valence-electron chi connectivity index (χ0n) is 11.8.